The van der Waals surface area contributed by atoms with Gasteiger partial charge in [0.15, 0.2) is 0 Å². The second-order valence-corrected chi connectivity index (χ2v) is 13.2. The van der Waals surface area contributed by atoms with Crippen LogP contribution in [0.2, 0.25) is 0 Å². The molecule has 0 saturated heterocycles. The lowest BCUT2D eigenvalue weighted by Gasteiger charge is -2.29. The van der Waals surface area contributed by atoms with Gasteiger partial charge in [-0.25, -0.2) is 0 Å². The number of para-hydroxylation sites is 1. The summed E-state index contributed by atoms with van der Waals surface area (Å²) in [4.78, 5) is 1.19. The Balaban J connectivity index is 1.82. The fourth-order valence-corrected chi connectivity index (χ4v) is 5.64. The predicted molar refractivity (Wildman–Crippen MR) is 158 cm³/mol. The minimum Gasteiger partial charge on any atom is -0.507 e. The Morgan fingerprint density at radius 3 is 1.80 bits per heavy atom. The number of rotatable bonds is 9. The van der Waals surface area contributed by atoms with Gasteiger partial charge in [-0.3, -0.25) is 0 Å². The molecule has 1 atom stereocenters. The third kappa shape index (κ3) is 7.88. The molecule has 0 saturated carbocycles. The number of thioether (sulfide) groups is 2. The van der Waals surface area contributed by atoms with Crippen molar-refractivity contribution < 1.29 is 5.11 Å². The molecule has 5 heteroatoms. The fourth-order valence-electron chi connectivity index (χ4n) is 3.89. The zero-order valence-electron chi connectivity index (χ0n) is 22.1. The molecule has 0 aliphatic carbocycles. The van der Waals surface area contributed by atoms with Gasteiger partial charge in [-0.2, -0.15) is 11.8 Å². The summed E-state index contributed by atoms with van der Waals surface area (Å²) in [6, 6.07) is 23.1. The number of hydrogen-bond acceptors (Lipinski definition) is 5. The van der Waals surface area contributed by atoms with Crippen molar-refractivity contribution in [1.82, 2.24) is 0 Å². The van der Waals surface area contributed by atoms with Crippen molar-refractivity contribution in [3.8, 4) is 5.75 Å². The molecule has 0 radical (unpaired) electrons. The van der Waals surface area contributed by atoms with Crippen LogP contribution < -0.4 is 10.6 Å². The number of phenolic OH excluding ortho intramolecular Hbond substituents is 1. The monoisotopic (exact) mass is 508 g/mol. The van der Waals surface area contributed by atoms with Gasteiger partial charge in [0.05, 0.1) is 5.37 Å². The van der Waals surface area contributed by atoms with Crippen molar-refractivity contribution in [2.24, 2.45) is 0 Å². The molecule has 3 aromatic carbocycles. The van der Waals surface area contributed by atoms with Crippen molar-refractivity contribution in [3.63, 3.8) is 0 Å². The van der Waals surface area contributed by atoms with E-state index < -0.39 is 0 Å². The van der Waals surface area contributed by atoms with Crippen LogP contribution in [0.15, 0.2) is 71.6 Å². The zero-order valence-corrected chi connectivity index (χ0v) is 23.7. The van der Waals surface area contributed by atoms with Crippen LogP contribution in [0.3, 0.4) is 0 Å². The van der Waals surface area contributed by atoms with E-state index in [0.29, 0.717) is 5.75 Å². The summed E-state index contributed by atoms with van der Waals surface area (Å²) in [7, 11) is 0. The van der Waals surface area contributed by atoms with Gasteiger partial charge in [0.25, 0.3) is 0 Å². The molecule has 3 rings (SSSR count). The van der Waals surface area contributed by atoms with E-state index in [4.69, 9.17) is 0 Å². The molecule has 0 aromatic heterocycles. The van der Waals surface area contributed by atoms with Gasteiger partial charge in [0.2, 0.25) is 0 Å². The Bertz CT molecular complexity index is 1050. The van der Waals surface area contributed by atoms with Gasteiger partial charge in [0, 0.05) is 33.1 Å². The largest absolute Gasteiger partial charge is 0.507 e. The van der Waals surface area contributed by atoms with Gasteiger partial charge in [-0.15, -0.1) is 11.8 Å². The molecule has 35 heavy (non-hydrogen) atoms. The van der Waals surface area contributed by atoms with E-state index in [2.05, 4.69) is 107 Å². The van der Waals surface area contributed by atoms with Crippen LogP contribution in [0, 0.1) is 0 Å². The van der Waals surface area contributed by atoms with Crippen LogP contribution >= 0.6 is 23.5 Å². The molecule has 3 aromatic rings. The molecule has 3 N–H and O–H groups in total. The van der Waals surface area contributed by atoms with Crippen molar-refractivity contribution in [1.29, 1.82) is 0 Å². The predicted octanol–water partition coefficient (Wildman–Crippen LogP) is 9.01. The molecule has 3 nitrogen and oxygen atoms in total. The first-order valence-corrected chi connectivity index (χ1v) is 14.5. The van der Waals surface area contributed by atoms with E-state index in [9.17, 15) is 5.11 Å². The number of aromatic hydroxyl groups is 1. The van der Waals surface area contributed by atoms with E-state index in [1.807, 2.05) is 41.7 Å². The van der Waals surface area contributed by atoms with E-state index in [-0.39, 0.29) is 16.2 Å². The Labute approximate surface area is 220 Å². The summed E-state index contributed by atoms with van der Waals surface area (Å²) >= 11 is 3.72. The third-order valence-corrected chi connectivity index (χ3v) is 7.63. The maximum absolute atomic E-state index is 11.1. The molecule has 1 unspecified atom stereocenters. The standard InChI is InChI=1S/C30H40N2OS2/c1-29(2,3)25-19-24(20-26(28(25)33)30(4,5)6)35-27(17-18-34-7)32-23-15-13-22(14-16-23)31-21-11-9-8-10-12-21/h8-16,19-20,27,31-33H,17-18H2,1-7H3. The summed E-state index contributed by atoms with van der Waals surface area (Å²) in [6.07, 6.45) is 3.19. The topological polar surface area (TPSA) is 44.3 Å². The molecule has 0 amide bonds. The van der Waals surface area contributed by atoms with Crippen LogP contribution in [-0.2, 0) is 10.8 Å². The van der Waals surface area contributed by atoms with E-state index in [0.717, 1.165) is 40.4 Å². The van der Waals surface area contributed by atoms with Crippen LogP contribution in [0.5, 0.6) is 5.75 Å². The number of phenols is 1. The molecule has 0 bridgehead atoms. The molecule has 0 aliphatic heterocycles. The van der Waals surface area contributed by atoms with Gasteiger partial charge >= 0.3 is 0 Å². The van der Waals surface area contributed by atoms with Crippen molar-refractivity contribution >= 4 is 40.6 Å². The Hall–Kier alpha value is -2.24. The van der Waals surface area contributed by atoms with Crippen LogP contribution in [0.1, 0.15) is 59.1 Å². The molecular formula is C30H40N2OS2. The molecule has 0 heterocycles. The number of anilines is 3. The van der Waals surface area contributed by atoms with E-state index in [1.165, 1.54) is 4.90 Å². The number of hydrogen-bond donors (Lipinski definition) is 3. The van der Waals surface area contributed by atoms with Gasteiger partial charge in [-0.05, 0) is 77.8 Å². The highest BCUT2D eigenvalue weighted by atomic mass is 32.2. The minimum absolute atomic E-state index is 0.134. The van der Waals surface area contributed by atoms with Crippen LogP contribution in [0.4, 0.5) is 17.1 Å². The minimum atomic E-state index is -0.134. The lowest BCUT2D eigenvalue weighted by atomic mass is 9.79. The lowest BCUT2D eigenvalue weighted by Crippen LogP contribution is -2.19. The number of nitrogens with one attached hydrogen (secondary N) is 2. The smallest absolute Gasteiger partial charge is 0.123 e. The van der Waals surface area contributed by atoms with Crippen molar-refractivity contribution in [2.45, 2.75) is 69.1 Å². The average molecular weight is 509 g/mol. The Kier molecular flexibility index (Phi) is 9.11. The molecule has 188 valence electrons. The first-order valence-electron chi connectivity index (χ1n) is 12.2. The van der Waals surface area contributed by atoms with Crippen molar-refractivity contribution in [3.05, 3.63) is 77.9 Å². The van der Waals surface area contributed by atoms with Gasteiger partial charge in [0.1, 0.15) is 5.75 Å². The average Bonchev–Trinajstić information content (AvgIpc) is 2.79. The second kappa shape index (κ2) is 11.7. The highest BCUT2D eigenvalue weighted by Gasteiger charge is 2.27. The first kappa shape index (κ1) is 27.3. The molecule has 0 fully saturated rings. The summed E-state index contributed by atoms with van der Waals surface area (Å²) in [5, 5.41) is 18.5. The summed E-state index contributed by atoms with van der Waals surface area (Å²) < 4.78 is 0. The maximum atomic E-state index is 11.1. The Morgan fingerprint density at radius 2 is 1.29 bits per heavy atom. The fraction of sp³-hybridized carbons (Fsp3) is 0.400. The normalized spacial score (nSPS) is 12.9. The highest BCUT2D eigenvalue weighted by molar-refractivity contribution is 8.00. The third-order valence-electron chi connectivity index (χ3n) is 5.84. The van der Waals surface area contributed by atoms with E-state index >= 15 is 0 Å². The second-order valence-electron chi connectivity index (χ2n) is 11.0. The van der Waals surface area contributed by atoms with Crippen molar-refractivity contribution in [2.75, 3.05) is 22.6 Å². The van der Waals surface area contributed by atoms with Crippen LogP contribution in [0.25, 0.3) is 0 Å². The quantitative estimate of drug-likeness (QED) is 0.199. The molecular weight excluding hydrogens is 468 g/mol. The van der Waals surface area contributed by atoms with E-state index in [1.54, 1.807) is 0 Å². The molecule has 0 spiro atoms. The van der Waals surface area contributed by atoms with Crippen LogP contribution in [-0.4, -0.2) is 22.5 Å². The van der Waals surface area contributed by atoms with Gasteiger partial charge < -0.3 is 15.7 Å². The number of benzene rings is 3. The maximum Gasteiger partial charge on any atom is 0.123 e. The van der Waals surface area contributed by atoms with Gasteiger partial charge in [-0.1, -0.05) is 59.7 Å². The summed E-state index contributed by atoms with van der Waals surface area (Å²) in [6.45, 7) is 13.0. The highest BCUT2D eigenvalue weighted by Crippen LogP contribution is 2.42. The first-order chi connectivity index (χ1) is 16.5. The Morgan fingerprint density at radius 1 is 0.771 bits per heavy atom. The summed E-state index contributed by atoms with van der Waals surface area (Å²) in [5.74, 6) is 1.51. The summed E-state index contributed by atoms with van der Waals surface area (Å²) in [5.41, 5.74) is 5.00. The zero-order chi connectivity index (χ0) is 25.6. The lowest BCUT2D eigenvalue weighted by molar-refractivity contribution is 0.422. The molecule has 0 aliphatic rings. The SMILES string of the molecule is CSCCC(Nc1ccc(Nc2ccccc2)cc1)Sc1cc(C(C)(C)C)c(O)c(C(C)(C)C)c1.